The molecular weight excluding hydrogens is 212 g/mol. The van der Waals surface area contributed by atoms with E-state index in [1.807, 2.05) is 26.1 Å². The van der Waals surface area contributed by atoms with Crippen molar-refractivity contribution >= 4 is 11.6 Å². The minimum Gasteiger partial charge on any atom is -0.399 e. The Hall–Kier alpha value is -1.51. The first-order valence-electron chi connectivity index (χ1n) is 5.97. The largest absolute Gasteiger partial charge is 0.399 e. The summed E-state index contributed by atoms with van der Waals surface area (Å²) in [5, 5.41) is 0. The predicted molar refractivity (Wildman–Crippen MR) is 72.0 cm³/mol. The maximum Gasteiger partial charge on any atom is 0.253 e. The Morgan fingerprint density at radius 1 is 1.24 bits per heavy atom. The van der Waals surface area contributed by atoms with Crippen molar-refractivity contribution in [2.24, 2.45) is 5.92 Å². The summed E-state index contributed by atoms with van der Waals surface area (Å²) in [4.78, 5) is 14.0. The number of hydrogen-bond acceptors (Lipinski definition) is 2. The first kappa shape index (κ1) is 13.6. The van der Waals surface area contributed by atoms with Crippen LogP contribution in [-0.2, 0) is 0 Å². The molecule has 1 atom stereocenters. The molecule has 1 rings (SSSR count). The minimum atomic E-state index is 0.0293. The van der Waals surface area contributed by atoms with Gasteiger partial charge in [-0.1, -0.05) is 13.8 Å². The van der Waals surface area contributed by atoms with E-state index in [1.165, 1.54) is 0 Å². The highest BCUT2D eigenvalue weighted by Crippen LogP contribution is 2.16. The zero-order valence-corrected chi connectivity index (χ0v) is 11.3. The van der Waals surface area contributed by atoms with Crippen molar-refractivity contribution in [2.75, 3.05) is 12.8 Å². The average Bonchev–Trinajstić information content (AvgIpc) is 2.24. The van der Waals surface area contributed by atoms with Gasteiger partial charge in [0.1, 0.15) is 0 Å². The quantitative estimate of drug-likeness (QED) is 0.817. The summed E-state index contributed by atoms with van der Waals surface area (Å²) in [6, 6.07) is 5.69. The Morgan fingerprint density at radius 2 is 1.82 bits per heavy atom. The molecule has 0 spiro atoms. The lowest BCUT2D eigenvalue weighted by Crippen LogP contribution is -2.38. The van der Waals surface area contributed by atoms with Crippen LogP contribution in [0.5, 0.6) is 0 Å². The van der Waals surface area contributed by atoms with Gasteiger partial charge < -0.3 is 10.6 Å². The topological polar surface area (TPSA) is 46.3 Å². The summed E-state index contributed by atoms with van der Waals surface area (Å²) in [7, 11) is 1.84. The molecule has 0 heterocycles. The van der Waals surface area contributed by atoms with Crippen molar-refractivity contribution < 1.29 is 4.79 Å². The SMILES string of the molecule is Cc1cc(N)cc(C(=O)N(C)C(C)C(C)C)c1. The van der Waals surface area contributed by atoms with Gasteiger partial charge in [-0.25, -0.2) is 0 Å². The van der Waals surface area contributed by atoms with Gasteiger partial charge in [-0.15, -0.1) is 0 Å². The zero-order valence-electron chi connectivity index (χ0n) is 11.3. The summed E-state index contributed by atoms with van der Waals surface area (Å²) in [5.41, 5.74) is 8.08. The molecule has 94 valence electrons. The van der Waals surface area contributed by atoms with Crippen LogP contribution in [0.25, 0.3) is 0 Å². The van der Waals surface area contributed by atoms with Crippen molar-refractivity contribution in [3.63, 3.8) is 0 Å². The van der Waals surface area contributed by atoms with E-state index in [0.717, 1.165) is 5.56 Å². The number of carbonyl (C=O) groups excluding carboxylic acids is 1. The number of nitrogens with zero attached hydrogens (tertiary/aromatic N) is 1. The fourth-order valence-corrected chi connectivity index (χ4v) is 1.77. The maximum absolute atomic E-state index is 12.3. The molecule has 0 aliphatic heterocycles. The highest BCUT2D eigenvalue weighted by molar-refractivity contribution is 5.95. The molecule has 1 aromatic rings. The van der Waals surface area contributed by atoms with E-state index in [1.54, 1.807) is 11.0 Å². The highest BCUT2D eigenvalue weighted by atomic mass is 16.2. The van der Waals surface area contributed by atoms with E-state index in [0.29, 0.717) is 17.2 Å². The Kier molecular flexibility index (Phi) is 4.16. The lowest BCUT2D eigenvalue weighted by molar-refractivity contribution is 0.0707. The zero-order chi connectivity index (χ0) is 13.2. The third-order valence-electron chi connectivity index (χ3n) is 3.24. The van der Waals surface area contributed by atoms with Gasteiger partial charge in [0.05, 0.1) is 0 Å². The first-order chi connectivity index (χ1) is 7.82. The van der Waals surface area contributed by atoms with E-state index in [9.17, 15) is 4.79 Å². The number of amides is 1. The van der Waals surface area contributed by atoms with Gasteiger partial charge in [0.25, 0.3) is 5.91 Å². The van der Waals surface area contributed by atoms with Crippen molar-refractivity contribution in [1.29, 1.82) is 0 Å². The number of aryl methyl sites for hydroxylation is 1. The highest BCUT2D eigenvalue weighted by Gasteiger charge is 2.20. The molecule has 0 aliphatic carbocycles. The number of nitrogens with two attached hydrogens (primary N) is 1. The fourth-order valence-electron chi connectivity index (χ4n) is 1.77. The second-order valence-electron chi connectivity index (χ2n) is 5.03. The van der Waals surface area contributed by atoms with Crippen LogP contribution in [0.15, 0.2) is 18.2 Å². The minimum absolute atomic E-state index is 0.0293. The van der Waals surface area contributed by atoms with E-state index < -0.39 is 0 Å². The molecule has 3 nitrogen and oxygen atoms in total. The molecule has 0 saturated carbocycles. The molecule has 17 heavy (non-hydrogen) atoms. The molecule has 1 amide bonds. The van der Waals surface area contributed by atoms with E-state index in [4.69, 9.17) is 5.73 Å². The molecule has 1 unspecified atom stereocenters. The van der Waals surface area contributed by atoms with Crippen LogP contribution in [-0.4, -0.2) is 23.9 Å². The van der Waals surface area contributed by atoms with Crippen molar-refractivity contribution in [3.05, 3.63) is 29.3 Å². The van der Waals surface area contributed by atoms with Crippen molar-refractivity contribution in [3.8, 4) is 0 Å². The van der Waals surface area contributed by atoms with Crippen LogP contribution in [0.3, 0.4) is 0 Å². The number of rotatable bonds is 3. The molecule has 2 N–H and O–H groups in total. The molecule has 0 saturated heterocycles. The van der Waals surface area contributed by atoms with Gasteiger partial charge in [0.15, 0.2) is 0 Å². The molecule has 0 aliphatic rings. The monoisotopic (exact) mass is 234 g/mol. The van der Waals surface area contributed by atoms with Crippen molar-refractivity contribution in [2.45, 2.75) is 33.7 Å². The molecule has 0 aromatic heterocycles. The summed E-state index contributed by atoms with van der Waals surface area (Å²) in [6.07, 6.45) is 0. The predicted octanol–water partition coefficient (Wildman–Crippen LogP) is 2.69. The van der Waals surface area contributed by atoms with Crippen LogP contribution >= 0.6 is 0 Å². The summed E-state index contributed by atoms with van der Waals surface area (Å²) in [5.74, 6) is 0.465. The van der Waals surface area contributed by atoms with Crippen LogP contribution in [0.1, 0.15) is 36.7 Å². The van der Waals surface area contributed by atoms with Crippen LogP contribution in [0.4, 0.5) is 5.69 Å². The maximum atomic E-state index is 12.3. The number of nitrogen functional groups attached to an aromatic ring is 1. The average molecular weight is 234 g/mol. The van der Waals surface area contributed by atoms with Gasteiger partial charge in [0, 0.05) is 24.3 Å². The summed E-state index contributed by atoms with van der Waals surface area (Å²) >= 11 is 0. The summed E-state index contributed by atoms with van der Waals surface area (Å²) < 4.78 is 0. The smallest absolute Gasteiger partial charge is 0.253 e. The van der Waals surface area contributed by atoms with Gasteiger partial charge >= 0.3 is 0 Å². The van der Waals surface area contributed by atoms with Crippen molar-refractivity contribution in [1.82, 2.24) is 4.90 Å². The number of benzene rings is 1. The second kappa shape index (κ2) is 5.21. The summed E-state index contributed by atoms with van der Waals surface area (Å²) in [6.45, 7) is 8.22. The molecular formula is C14H22N2O. The van der Waals surface area contributed by atoms with E-state index in [-0.39, 0.29) is 11.9 Å². The second-order valence-corrected chi connectivity index (χ2v) is 5.03. The van der Waals surface area contributed by atoms with E-state index in [2.05, 4.69) is 20.8 Å². The normalized spacial score (nSPS) is 12.6. The van der Waals surface area contributed by atoms with E-state index >= 15 is 0 Å². The Bertz CT molecular complexity index is 392. The fraction of sp³-hybridized carbons (Fsp3) is 0.500. The van der Waals surface area contributed by atoms with Gasteiger partial charge in [-0.3, -0.25) is 4.79 Å². The molecule has 0 fully saturated rings. The van der Waals surface area contributed by atoms with Gasteiger partial charge in [-0.2, -0.15) is 0 Å². The van der Waals surface area contributed by atoms with Gasteiger partial charge in [0.2, 0.25) is 0 Å². The van der Waals surface area contributed by atoms with Gasteiger partial charge in [-0.05, 0) is 43.5 Å². The molecule has 0 bridgehead atoms. The molecule has 0 radical (unpaired) electrons. The Balaban J connectivity index is 2.96. The lowest BCUT2D eigenvalue weighted by atomic mass is 10.0. The lowest BCUT2D eigenvalue weighted by Gasteiger charge is -2.28. The first-order valence-corrected chi connectivity index (χ1v) is 5.97. The number of hydrogen-bond donors (Lipinski definition) is 1. The van der Waals surface area contributed by atoms with Crippen LogP contribution in [0, 0.1) is 12.8 Å². The number of carbonyl (C=O) groups is 1. The third kappa shape index (κ3) is 3.22. The van der Waals surface area contributed by atoms with Crippen LogP contribution in [0.2, 0.25) is 0 Å². The van der Waals surface area contributed by atoms with Crippen LogP contribution < -0.4 is 5.73 Å². The standard InChI is InChI=1S/C14H22N2O/c1-9(2)11(4)16(5)14(17)12-6-10(3)7-13(15)8-12/h6-9,11H,15H2,1-5H3. The number of anilines is 1. The molecule has 3 heteroatoms. The molecule has 1 aromatic carbocycles. The third-order valence-corrected chi connectivity index (χ3v) is 3.24. The Morgan fingerprint density at radius 3 is 2.29 bits per heavy atom. The Labute approximate surface area is 104 Å².